The highest BCUT2D eigenvalue weighted by molar-refractivity contribution is 5.76. The largest absolute Gasteiger partial charge is 0.282 e. The van der Waals surface area contributed by atoms with Gasteiger partial charge in [-0.15, -0.1) is 5.10 Å². The highest BCUT2D eigenvalue weighted by Gasteiger charge is 2.06. The Hall–Kier alpha value is -2.49. The van der Waals surface area contributed by atoms with Gasteiger partial charge in [-0.05, 0) is 31.2 Å². The number of hydrogen-bond acceptors (Lipinski definition) is 3. The van der Waals surface area contributed by atoms with Crippen molar-refractivity contribution in [3.8, 4) is 5.69 Å². The highest BCUT2D eigenvalue weighted by Crippen LogP contribution is 2.08. The fourth-order valence-corrected chi connectivity index (χ4v) is 1.84. The van der Waals surface area contributed by atoms with Crippen molar-refractivity contribution in [2.24, 2.45) is 0 Å². The summed E-state index contributed by atoms with van der Waals surface area (Å²) in [6, 6.07) is 14.8. The van der Waals surface area contributed by atoms with Gasteiger partial charge in [0.1, 0.15) is 5.52 Å². The predicted octanol–water partition coefficient (Wildman–Crippen LogP) is 2.09. The zero-order valence-electron chi connectivity index (χ0n) is 9.87. The van der Waals surface area contributed by atoms with Crippen LogP contribution in [0, 0.1) is 6.92 Å². The van der Waals surface area contributed by atoms with Crippen LogP contribution in [-0.2, 0) is 0 Å². The normalized spacial score (nSPS) is 10.7. The molecule has 0 saturated heterocycles. The van der Waals surface area contributed by atoms with E-state index in [1.165, 1.54) is 4.68 Å². The van der Waals surface area contributed by atoms with E-state index in [2.05, 4.69) is 10.3 Å². The second-order valence-electron chi connectivity index (χ2n) is 4.16. The Morgan fingerprint density at radius 1 is 1.00 bits per heavy atom. The van der Waals surface area contributed by atoms with Crippen LogP contribution in [-0.4, -0.2) is 15.0 Å². The van der Waals surface area contributed by atoms with Gasteiger partial charge in [-0.2, -0.15) is 4.68 Å². The molecule has 4 nitrogen and oxygen atoms in total. The smallest absolute Gasteiger partial charge is 0.267 e. The minimum Gasteiger partial charge on any atom is -0.267 e. The lowest BCUT2D eigenvalue weighted by molar-refractivity contribution is 0.738. The third-order valence-corrected chi connectivity index (χ3v) is 2.85. The zero-order chi connectivity index (χ0) is 12.5. The second kappa shape index (κ2) is 4.07. The third kappa shape index (κ3) is 1.68. The quantitative estimate of drug-likeness (QED) is 0.651. The molecule has 3 rings (SSSR count). The van der Waals surface area contributed by atoms with Crippen molar-refractivity contribution in [2.45, 2.75) is 6.92 Å². The van der Waals surface area contributed by atoms with Crippen LogP contribution in [0.5, 0.6) is 0 Å². The van der Waals surface area contributed by atoms with Gasteiger partial charge in [0, 0.05) is 0 Å². The number of rotatable bonds is 1. The topological polar surface area (TPSA) is 47.8 Å². The molecular weight excluding hydrogens is 226 g/mol. The maximum absolute atomic E-state index is 12.3. The molecule has 1 aromatic heterocycles. The zero-order valence-corrected chi connectivity index (χ0v) is 9.87. The number of hydrogen-bond donors (Lipinski definition) is 0. The van der Waals surface area contributed by atoms with Crippen molar-refractivity contribution in [2.75, 3.05) is 0 Å². The molecule has 0 amide bonds. The molecular formula is C14H11N3O. The van der Waals surface area contributed by atoms with Gasteiger partial charge in [-0.1, -0.05) is 35.0 Å². The summed E-state index contributed by atoms with van der Waals surface area (Å²) in [7, 11) is 0. The first-order chi connectivity index (χ1) is 8.75. The average Bonchev–Trinajstić information content (AvgIpc) is 2.41. The molecule has 0 bridgehead atoms. The summed E-state index contributed by atoms with van der Waals surface area (Å²) in [4.78, 5) is 12.3. The molecule has 0 spiro atoms. The van der Waals surface area contributed by atoms with Gasteiger partial charge in [0.15, 0.2) is 0 Å². The van der Waals surface area contributed by atoms with Crippen molar-refractivity contribution in [3.05, 3.63) is 64.4 Å². The monoisotopic (exact) mass is 237 g/mol. The first-order valence-corrected chi connectivity index (χ1v) is 5.67. The lowest BCUT2D eigenvalue weighted by Crippen LogP contribution is -2.22. The minimum atomic E-state index is -0.149. The van der Waals surface area contributed by atoms with Crippen molar-refractivity contribution in [3.63, 3.8) is 0 Å². The van der Waals surface area contributed by atoms with E-state index in [-0.39, 0.29) is 5.56 Å². The van der Waals surface area contributed by atoms with Gasteiger partial charge in [-0.25, -0.2) is 0 Å². The molecule has 0 aliphatic carbocycles. The van der Waals surface area contributed by atoms with Crippen LogP contribution in [0.15, 0.2) is 53.3 Å². The molecule has 0 radical (unpaired) electrons. The summed E-state index contributed by atoms with van der Waals surface area (Å²) >= 11 is 0. The first-order valence-electron chi connectivity index (χ1n) is 5.67. The van der Waals surface area contributed by atoms with Gasteiger partial charge in [0.25, 0.3) is 5.56 Å². The molecule has 4 heteroatoms. The van der Waals surface area contributed by atoms with E-state index in [0.29, 0.717) is 10.9 Å². The van der Waals surface area contributed by atoms with Crippen LogP contribution in [0.4, 0.5) is 0 Å². The van der Waals surface area contributed by atoms with E-state index >= 15 is 0 Å². The summed E-state index contributed by atoms with van der Waals surface area (Å²) in [5, 5.41) is 8.59. The molecule has 0 N–H and O–H groups in total. The van der Waals surface area contributed by atoms with Crippen molar-refractivity contribution in [1.29, 1.82) is 0 Å². The predicted molar refractivity (Wildman–Crippen MR) is 69.9 cm³/mol. The number of aryl methyl sites for hydroxylation is 1. The summed E-state index contributed by atoms with van der Waals surface area (Å²) in [5.41, 5.74) is 2.33. The van der Waals surface area contributed by atoms with E-state index < -0.39 is 0 Å². The highest BCUT2D eigenvalue weighted by atomic mass is 16.1. The van der Waals surface area contributed by atoms with Crippen molar-refractivity contribution < 1.29 is 0 Å². The Balaban J connectivity index is 2.27. The van der Waals surface area contributed by atoms with E-state index in [9.17, 15) is 4.79 Å². The Bertz CT molecular complexity index is 760. The molecule has 18 heavy (non-hydrogen) atoms. The molecule has 0 unspecified atom stereocenters. The molecule has 88 valence electrons. The molecule has 0 aliphatic heterocycles. The van der Waals surface area contributed by atoms with Gasteiger partial charge in [0.2, 0.25) is 0 Å². The van der Waals surface area contributed by atoms with Crippen LogP contribution in [0.3, 0.4) is 0 Å². The maximum atomic E-state index is 12.3. The van der Waals surface area contributed by atoms with E-state index in [0.717, 1.165) is 11.3 Å². The lowest BCUT2D eigenvalue weighted by atomic mass is 10.2. The number of nitrogens with zero attached hydrogens (tertiary/aromatic N) is 3. The minimum absolute atomic E-state index is 0.149. The van der Waals surface area contributed by atoms with Crippen LogP contribution < -0.4 is 5.56 Å². The van der Waals surface area contributed by atoms with Crippen LogP contribution >= 0.6 is 0 Å². The molecule has 0 atom stereocenters. The lowest BCUT2D eigenvalue weighted by Gasteiger charge is -2.04. The molecule has 0 fully saturated rings. The van der Waals surface area contributed by atoms with Crippen LogP contribution in [0.2, 0.25) is 0 Å². The number of aromatic nitrogens is 3. The molecule has 3 aromatic rings. The maximum Gasteiger partial charge on any atom is 0.282 e. The second-order valence-corrected chi connectivity index (χ2v) is 4.16. The Labute approximate surface area is 104 Å². The van der Waals surface area contributed by atoms with Crippen molar-refractivity contribution in [1.82, 2.24) is 15.0 Å². The first kappa shape index (κ1) is 10.7. The Morgan fingerprint density at radius 2 is 1.72 bits per heavy atom. The van der Waals surface area contributed by atoms with Gasteiger partial charge in [0.05, 0.1) is 11.1 Å². The Morgan fingerprint density at radius 3 is 2.50 bits per heavy atom. The van der Waals surface area contributed by atoms with E-state index in [1.54, 1.807) is 12.1 Å². The van der Waals surface area contributed by atoms with E-state index in [4.69, 9.17) is 0 Å². The summed E-state index contributed by atoms with van der Waals surface area (Å²) in [6.45, 7) is 2.00. The number of benzene rings is 2. The van der Waals surface area contributed by atoms with Crippen LogP contribution in [0.25, 0.3) is 16.6 Å². The van der Waals surface area contributed by atoms with Crippen LogP contribution in [0.1, 0.15) is 5.56 Å². The van der Waals surface area contributed by atoms with E-state index in [1.807, 2.05) is 43.3 Å². The average molecular weight is 237 g/mol. The molecule has 2 aromatic carbocycles. The summed E-state index contributed by atoms with van der Waals surface area (Å²) < 4.78 is 1.32. The van der Waals surface area contributed by atoms with Gasteiger partial charge >= 0.3 is 0 Å². The summed E-state index contributed by atoms with van der Waals surface area (Å²) in [5.74, 6) is 0. The SMILES string of the molecule is Cc1ccc(-n2nnc3ccccc3c2=O)cc1. The Kier molecular flexibility index (Phi) is 2.41. The van der Waals surface area contributed by atoms with Gasteiger partial charge in [-0.3, -0.25) is 4.79 Å². The van der Waals surface area contributed by atoms with Crippen molar-refractivity contribution >= 4 is 10.9 Å². The molecule has 1 heterocycles. The summed E-state index contributed by atoms with van der Waals surface area (Å²) in [6.07, 6.45) is 0. The third-order valence-electron chi connectivity index (χ3n) is 2.85. The molecule has 0 saturated carbocycles. The fourth-order valence-electron chi connectivity index (χ4n) is 1.84. The van der Waals surface area contributed by atoms with Gasteiger partial charge < -0.3 is 0 Å². The fraction of sp³-hybridized carbons (Fsp3) is 0.0714. The standard InChI is InChI=1S/C14H11N3O/c1-10-6-8-11(9-7-10)17-14(18)12-4-2-3-5-13(12)15-16-17/h2-9H,1H3. The molecule has 0 aliphatic rings. The number of fused-ring (bicyclic) bond motifs is 1.